The highest BCUT2D eigenvalue weighted by Crippen LogP contribution is 2.47. The normalized spacial score (nSPS) is 46.1. The summed E-state index contributed by atoms with van der Waals surface area (Å²) in [6.07, 6.45) is 5.73. The lowest BCUT2D eigenvalue weighted by atomic mass is 9.79. The quantitative estimate of drug-likeness (QED) is 0.449. The van der Waals surface area contributed by atoms with Crippen molar-refractivity contribution in [1.29, 1.82) is 0 Å². The van der Waals surface area contributed by atoms with Gasteiger partial charge in [0.1, 0.15) is 0 Å². The van der Waals surface area contributed by atoms with Gasteiger partial charge in [-0.2, -0.15) is 0 Å². The smallest absolute Gasteiger partial charge is 0.0200 e. The number of rotatable bonds is 0. The van der Waals surface area contributed by atoms with E-state index in [9.17, 15) is 0 Å². The van der Waals surface area contributed by atoms with E-state index < -0.39 is 0 Å². The highest BCUT2D eigenvalue weighted by Gasteiger charge is 2.35. The Balaban J connectivity index is 2.16. The summed E-state index contributed by atoms with van der Waals surface area (Å²) in [5, 5.41) is 0. The zero-order valence-electron chi connectivity index (χ0n) is 6.77. The zero-order chi connectivity index (χ0) is 7.14. The molecule has 2 rings (SSSR count). The van der Waals surface area contributed by atoms with Crippen LogP contribution >= 0.6 is 0 Å². The Morgan fingerprint density at radius 3 is 2.20 bits per heavy atom. The van der Waals surface area contributed by atoms with Crippen LogP contribution in [0.1, 0.15) is 32.6 Å². The van der Waals surface area contributed by atoms with Crippen LogP contribution in [0.15, 0.2) is 12.2 Å². The zero-order valence-corrected chi connectivity index (χ0v) is 6.77. The fourth-order valence-electron chi connectivity index (χ4n) is 2.71. The molecule has 0 spiro atoms. The van der Waals surface area contributed by atoms with Crippen molar-refractivity contribution in [1.82, 2.24) is 0 Å². The largest absolute Gasteiger partial charge is 0.0993 e. The van der Waals surface area contributed by atoms with Crippen molar-refractivity contribution in [3.05, 3.63) is 12.2 Å². The summed E-state index contributed by atoms with van der Waals surface area (Å²) in [5.41, 5.74) is 1.58. The minimum Gasteiger partial charge on any atom is -0.0993 e. The first-order valence-corrected chi connectivity index (χ1v) is 4.46. The average molecular weight is 136 g/mol. The van der Waals surface area contributed by atoms with Gasteiger partial charge >= 0.3 is 0 Å². The van der Waals surface area contributed by atoms with Crippen LogP contribution in [0.5, 0.6) is 0 Å². The van der Waals surface area contributed by atoms with Crippen molar-refractivity contribution in [3.8, 4) is 0 Å². The SMILES string of the molecule is C=C1[C@@H]2CC[C@H]1CC(C)C2. The maximum Gasteiger partial charge on any atom is -0.0200 e. The van der Waals surface area contributed by atoms with Crippen LogP contribution in [-0.2, 0) is 0 Å². The molecule has 0 aromatic carbocycles. The molecule has 0 heterocycles. The van der Waals surface area contributed by atoms with Gasteiger partial charge in [0.2, 0.25) is 0 Å². The monoisotopic (exact) mass is 136 g/mol. The van der Waals surface area contributed by atoms with Gasteiger partial charge in [-0.15, -0.1) is 0 Å². The molecule has 0 heteroatoms. The second-order valence-electron chi connectivity index (χ2n) is 4.12. The number of allylic oxidation sites excluding steroid dienone is 1. The minimum absolute atomic E-state index is 0.911. The van der Waals surface area contributed by atoms with Crippen LogP contribution in [0.4, 0.5) is 0 Å². The molecular weight excluding hydrogens is 120 g/mol. The Kier molecular flexibility index (Phi) is 1.36. The second kappa shape index (κ2) is 2.11. The van der Waals surface area contributed by atoms with E-state index in [-0.39, 0.29) is 0 Å². The van der Waals surface area contributed by atoms with Gasteiger partial charge in [0, 0.05) is 0 Å². The Morgan fingerprint density at radius 2 is 1.70 bits per heavy atom. The molecule has 10 heavy (non-hydrogen) atoms. The first-order chi connectivity index (χ1) is 4.77. The molecule has 0 amide bonds. The first-order valence-electron chi connectivity index (χ1n) is 4.46. The predicted molar refractivity (Wildman–Crippen MR) is 43.8 cm³/mol. The van der Waals surface area contributed by atoms with Crippen LogP contribution in [0.3, 0.4) is 0 Å². The molecule has 2 aliphatic carbocycles. The van der Waals surface area contributed by atoms with Crippen LogP contribution in [0.2, 0.25) is 0 Å². The fourth-order valence-corrected chi connectivity index (χ4v) is 2.71. The van der Waals surface area contributed by atoms with E-state index in [4.69, 9.17) is 0 Å². The van der Waals surface area contributed by atoms with Crippen molar-refractivity contribution >= 4 is 0 Å². The van der Waals surface area contributed by atoms with E-state index in [0.29, 0.717) is 0 Å². The summed E-state index contributed by atoms with van der Waals surface area (Å²) in [7, 11) is 0. The third-order valence-corrected chi connectivity index (χ3v) is 3.29. The topological polar surface area (TPSA) is 0 Å². The third kappa shape index (κ3) is 0.817. The molecule has 2 bridgehead atoms. The first kappa shape index (κ1) is 6.45. The molecular formula is C10H16. The Hall–Kier alpha value is -0.260. The lowest BCUT2D eigenvalue weighted by molar-refractivity contribution is 0.354. The highest BCUT2D eigenvalue weighted by atomic mass is 14.4. The summed E-state index contributed by atoms with van der Waals surface area (Å²) in [6, 6.07) is 0. The number of hydrogen-bond acceptors (Lipinski definition) is 0. The van der Waals surface area contributed by atoms with Gasteiger partial charge in [-0.3, -0.25) is 0 Å². The van der Waals surface area contributed by atoms with Gasteiger partial charge in [-0.25, -0.2) is 0 Å². The molecule has 0 aromatic heterocycles. The van der Waals surface area contributed by atoms with Gasteiger partial charge in [0.25, 0.3) is 0 Å². The number of hydrogen-bond donors (Lipinski definition) is 0. The van der Waals surface area contributed by atoms with E-state index in [0.717, 1.165) is 17.8 Å². The van der Waals surface area contributed by atoms with E-state index in [1.807, 2.05) is 0 Å². The molecule has 2 aliphatic rings. The van der Waals surface area contributed by atoms with E-state index >= 15 is 0 Å². The molecule has 0 N–H and O–H groups in total. The summed E-state index contributed by atoms with van der Waals surface area (Å²) >= 11 is 0. The van der Waals surface area contributed by atoms with Gasteiger partial charge < -0.3 is 0 Å². The van der Waals surface area contributed by atoms with E-state index in [2.05, 4.69) is 13.5 Å². The molecule has 1 unspecified atom stereocenters. The van der Waals surface area contributed by atoms with Crippen molar-refractivity contribution in [2.45, 2.75) is 32.6 Å². The summed E-state index contributed by atoms with van der Waals surface area (Å²) in [6.45, 7) is 6.56. The summed E-state index contributed by atoms with van der Waals surface area (Å²) in [4.78, 5) is 0. The van der Waals surface area contributed by atoms with Crippen molar-refractivity contribution in [2.75, 3.05) is 0 Å². The predicted octanol–water partition coefficient (Wildman–Crippen LogP) is 3.00. The molecule has 0 aliphatic heterocycles. The maximum atomic E-state index is 4.17. The van der Waals surface area contributed by atoms with Crippen LogP contribution < -0.4 is 0 Å². The van der Waals surface area contributed by atoms with E-state index in [1.54, 1.807) is 5.57 Å². The fraction of sp³-hybridized carbons (Fsp3) is 0.800. The van der Waals surface area contributed by atoms with Crippen LogP contribution in [0, 0.1) is 17.8 Å². The van der Waals surface area contributed by atoms with Crippen molar-refractivity contribution in [2.24, 2.45) is 17.8 Å². The molecule has 0 aromatic rings. The maximum absolute atomic E-state index is 4.17. The summed E-state index contributed by atoms with van der Waals surface area (Å²) < 4.78 is 0. The van der Waals surface area contributed by atoms with Gasteiger partial charge in [-0.1, -0.05) is 19.1 Å². The minimum atomic E-state index is 0.911. The average Bonchev–Trinajstić information content (AvgIpc) is 2.20. The van der Waals surface area contributed by atoms with Gasteiger partial charge in [0.15, 0.2) is 0 Å². The second-order valence-corrected chi connectivity index (χ2v) is 4.12. The molecule has 0 radical (unpaired) electrons. The third-order valence-electron chi connectivity index (χ3n) is 3.29. The summed E-state index contributed by atoms with van der Waals surface area (Å²) in [5.74, 6) is 2.80. The van der Waals surface area contributed by atoms with E-state index in [1.165, 1.54) is 25.7 Å². The molecule has 56 valence electrons. The Labute approximate surface area is 63.3 Å². The standard InChI is InChI=1S/C10H16/c1-7-5-9-3-4-10(6-7)8(9)2/h7,9-10H,2-6H2,1H3/t7?,9-,10+. The van der Waals surface area contributed by atoms with Crippen molar-refractivity contribution in [3.63, 3.8) is 0 Å². The van der Waals surface area contributed by atoms with Crippen molar-refractivity contribution < 1.29 is 0 Å². The van der Waals surface area contributed by atoms with Gasteiger partial charge in [-0.05, 0) is 43.4 Å². The molecule has 3 atom stereocenters. The van der Waals surface area contributed by atoms with Crippen LogP contribution in [-0.4, -0.2) is 0 Å². The lowest BCUT2D eigenvalue weighted by Crippen LogP contribution is -2.15. The highest BCUT2D eigenvalue weighted by molar-refractivity contribution is 5.14. The lowest BCUT2D eigenvalue weighted by Gasteiger charge is -2.26. The van der Waals surface area contributed by atoms with Crippen LogP contribution in [0.25, 0.3) is 0 Å². The Bertz CT molecular complexity index is 141. The van der Waals surface area contributed by atoms with Gasteiger partial charge in [0.05, 0.1) is 0 Å². The molecule has 2 saturated carbocycles. The molecule has 0 saturated heterocycles. The molecule has 2 fully saturated rings. The Morgan fingerprint density at radius 1 is 1.20 bits per heavy atom. The number of fused-ring (bicyclic) bond motifs is 2. The molecule has 0 nitrogen and oxygen atoms in total.